The smallest absolute Gasteiger partial charge is 0.234 e. The number of hydrogen-bond acceptors (Lipinski definition) is 2. The number of fused-ring (bicyclic) bond motifs is 1. The van der Waals surface area contributed by atoms with Crippen LogP contribution in [0.3, 0.4) is 0 Å². The first-order valence-electron chi connectivity index (χ1n) is 6.95. The fourth-order valence-corrected chi connectivity index (χ4v) is 2.84. The van der Waals surface area contributed by atoms with Crippen molar-refractivity contribution in [3.8, 4) is 0 Å². The SMILES string of the molecule is NCCC1C(=O)N(Cc2ccccc2)c2ccccc21. The molecule has 20 heavy (non-hydrogen) atoms. The van der Waals surface area contributed by atoms with Gasteiger partial charge in [-0.25, -0.2) is 0 Å². The molecule has 1 aliphatic heterocycles. The van der Waals surface area contributed by atoms with Gasteiger partial charge in [0.05, 0.1) is 12.5 Å². The fourth-order valence-electron chi connectivity index (χ4n) is 2.84. The molecular formula is C17H18N2O. The number of para-hydroxylation sites is 1. The maximum absolute atomic E-state index is 12.6. The molecule has 2 N–H and O–H groups in total. The largest absolute Gasteiger partial charge is 0.330 e. The van der Waals surface area contributed by atoms with Crippen LogP contribution in [-0.4, -0.2) is 12.5 Å². The van der Waals surface area contributed by atoms with E-state index < -0.39 is 0 Å². The molecular weight excluding hydrogens is 248 g/mol. The van der Waals surface area contributed by atoms with Gasteiger partial charge in [0.1, 0.15) is 0 Å². The van der Waals surface area contributed by atoms with Crippen molar-refractivity contribution in [2.24, 2.45) is 5.73 Å². The Hall–Kier alpha value is -2.13. The number of nitrogens with zero attached hydrogens (tertiary/aromatic N) is 1. The van der Waals surface area contributed by atoms with E-state index in [-0.39, 0.29) is 11.8 Å². The minimum atomic E-state index is -0.0834. The molecule has 102 valence electrons. The predicted molar refractivity (Wildman–Crippen MR) is 80.5 cm³/mol. The van der Waals surface area contributed by atoms with Crippen molar-refractivity contribution >= 4 is 11.6 Å². The Balaban J connectivity index is 1.94. The lowest BCUT2D eigenvalue weighted by Crippen LogP contribution is -2.29. The molecule has 0 spiro atoms. The van der Waals surface area contributed by atoms with Gasteiger partial charge in [-0.2, -0.15) is 0 Å². The van der Waals surface area contributed by atoms with Crippen LogP contribution in [0.4, 0.5) is 5.69 Å². The Kier molecular flexibility index (Phi) is 3.52. The van der Waals surface area contributed by atoms with Crippen LogP contribution in [0.1, 0.15) is 23.5 Å². The van der Waals surface area contributed by atoms with Gasteiger partial charge in [-0.15, -0.1) is 0 Å². The van der Waals surface area contributed by atoms with Crippen LogP contribution < -0.4 is 10.6 Å². The molecule has 2 aromatic rings. The van der Waals surface area contributed by atoms with Crippen LogP contribution in [0.25, 0.3) is 0 Å². The normalized spacial score (nSPS) is 17.4. The van der Waals surface area contributed by atoms with Gasteiger partial charge in [0.2, 0.25) is 5.91 Å². The minimum Gasteiger partial charge on any atom is -0.330 e. The molecule has 0 saturated carbocycles. The van der Waals surface area contributed by atoms with Crippen molar-refractivity contribution in [3.05, 3.63) is 65.7 Å². The van der Waals surface area contributed by atoms with E-state index >= 15 is 0 Å². The quantitative estimate of drug-likeness (QED) is 0.924. The molecule has 0 saturated heterocycles. The molecule has 1 amide bonds. The average Bonchev–Trinajstić information content (AvgIpc) is 2.75. The number of carbonyl (C=O) groups excluding carboxylic acids is 1. The lowest BCUT2D eigenvalue weighted by Gasteiger charge is -2.18. The first-order chi connectivity index (χ1) is 9.81. The van der Waals surface area contributed by atoms with Crippen LogP contribution >= 0.6 is 0 Å². The third-order valence-electron chi connectivity index (χ3n) is 3.81. The summed E-state index contributed by atoms with van der Waals surface area (Å²) in [7, 11) is 0. The van der Waals surface area contributed by atoms with E-state index in [1.165, 1.54) is 0 Å². The number of carbonyl (C=O) groups is 1. The molecule has 3 heteroatoms. The number of benzene rings is 2. The standard InChI is InChI=1S/C17H18N2O/c18-11-10-15-14-8-4-5-9-16(14)19(17(15)20)12-13-6-2-1-3-7-13/h1-9,15H,10-12,18H2. The van der Waals surface area contributed by atoms with Gasteiger partial charge >= 0.3 is 0 Å². The summed E-state index contributed by atoms with van der Waals surface area (Å²) in [5.74, 6) is 0.0837. The molecule has 1 heterocycles. The molecule has 1 aliphatic rings. The Morgan fingerprint density at radius 1 is 1.00 bits per heavy atom. The molecule has 3 rings (SSSR count). The fraction of sp³-hybridized carbons (Fsp3) is 0.235. The Morgan fingerprint density at radius 2 is 1.70 bits per heavy atom. The molecule has 3 nitrogen and oxygen atoms in total. The molecule has 1 atom stereocenters. The second kappa shape index (κ2) is 5.47. The average molecular weight is 266 g/mol. The number of rotatable bonds is 4. The van der Waals surface area contributed by atoms with Crippen molar-refractivity contribution in [1.82, 2.24) is 0 Å². The minimum absolute atomic E-state index is 0.0834. The predicted octanol–water partition coefficient (Wildman–Crippen LogP) is 2.67. The van der Waals surface area contributed by atoms with E-state index in [1.807, 2.05) is 59.5 Å². The van der Waals surface area contributed by atoms with Gasteiger partial charge in [-0.05, 0) is 30.2 Å². The second-order valence-corrected chi connectivity index (χ2v) is 5.10. The lowest BCUT2D eigenvalue weighted by atomic mass is 9.97. The van der Waals surface area contributed by atoms with Crippen molar-refractivity contribution in [3.63, 3.8) is 0 Å². The third-order valence-corrected chi connectivity index (χ3v) is 3.81. The monoisotopic (exact) mass is 266 g/mol. The molecule has 0 aliphatic carbocycles. The first-order valence-corrected chi connectivity index (χ1v) is 6.95. The molecule has 2 aromatic carbocycles. The van der Waals surface area contributed by atoms with E-state index in [2.05, 4.69) is 0 Å². The van der Waals surface area contributed by atoms with Crippen LogP contribution in [-0.2, 0) is 11.3 Å². The highest BCUT2D eigenvalue weighted by Gasteiger charge is 2.36. The van der Waals surface area contributed by atoms with Crippen molar-refractivity contribution < 1.29 is 4.79 Å². The first kappa shape index (κ1) is 12.9. The molecule has 0 radical (unpaired) electrons. The van der Waals surface area contributed by atoms with E-state index in [4.69, 9.17) is 5.73 Å². The summed E-state index contributed by atoms with van der Waals surface area (Å²) in [6.45, 7) is 1.15. The van der Waals surface area contributed by atoms with Crippen LogP contribution in [0.2, 0.25) is 0 Å². The molecule has 1 unspecified atom stereocenters. The molecule has 0 bridgehead atoms. The van der Waals surface area contributed by atoms with Gasteiger partial charge in [0.25, 0.3) is 0 Å². The molecule has 0 aromatic heterocycles. The van der Waals surface area contributed by atoms with Crippen LogP contribution in [0.5, 0.6) is 0 Å². The Morgan fingerprint density at radius 3 is 2.45 bits per heavy atom. The van der Waals surface area contributed by atoms with E-state index in [0.29, 0.717) is 19.5 Å². The van der Waals surface area contributed by atoms with Gasteiger partial charge in [0.15, 0.2) is 0 Å². The maximum Gasteiger partial charge on any atom is 0.234 e. The van der Waals surface area contributed by atoms with Crippen molar-refractivity contribution in [1.29, 1.82) is 0 Å². The third kappa shape index (κ3) is 2.21. The highest BCUT2D eigenvalue weighted by atomic mass is 16.2. The Labute approximate surface area is 119 Å². The maximum atomic E-state index is 12.6. The van der Waals surface area contributed by atoms with Crippen LogP contribution in [0.15, 0.2) is 54.6 Å². The van der Waals surface area contributed by atoms with Gasteiger partial charge in [-0.3, -0.25) is 4.79 Å². The Bertz CT molecular complexity index is 609. The summed E-state index contributed by atoms with van der Waals surface area (Å²) in [5.41, 5.74) is 8.94. The number of nitrogens with two attached hydrogens (primary N) is 1. The number of anilines is 1. The van der Waals surface area contributed by atoms with E-state index in [9.17, 15) is 4.79 Å². The van der Waals surface area contributed by atoms with Crippen molar-refractivity contribution in [2.45, 2.75) is 18.9 Å². The lowest BCUT2D eigenvalue weighted by molar-refractivity contribution is -0.119. The van der Waals surface area contributed by atoms with Gasteiger partial charge in [0, 0.05) is 5.69 Å². The van der Waals surface area contributed by atoms with E-state index in [0.717, 1.165) is 16.8 Å². The van der Waals surface area contributed by atoms with Gasteiger partial charge < -0.3 is 10.6 Å². The number of hydrogen-bond donors (Lipinski definition) is 1. The summed E-state index contributed by atoms with van der Waals surface area (Å²) < 4.78 is 0. The topological polar surface area (TPSA) is 46.3 Å². The zero-order valence-corrected chi connectivity index (χ0v) is 11.3. The zero-order chi connectivity index (χ0) is 13.9. The van der Waals surface area contributed by atoms with Crippen LogP contribution in [0, 0.1) is 0 Å². The second-order valence-electron chi connectivity index (χ2n) is 5.10. The highest BCUT2D eigenvalue weighted by Crippen LogP contribution is 2.39. The van der Waals surface area contributed by atoms with Gasteiger partial charge in [-0.1, -0.05) is 48.5 Å². The highest BCUT2D eigenvalue weighted by molar-refractivity contribution is 6.04. The summed E-state index contributed by atoms with van der Waals surface area (Å²) in [6, 6.07) is 18.1. The summed E-state index contributed by atoms with van der Waals surface area (Å²) in [6.07, 6.45) is 0.709. The van der Waals surface area contributed by atoms with E-state index in [1.54, 1.807) is 0 Å². The summed E-state index contributed by atoms with van der Waals surface area (Å²) >= 11 is 0. The summed E-state index contributed by atoms with van der Waals surface area (Å²) in [4.78, 5) is 14.5. The molecule has 0 fully saturated rings. The number of amides is 1. The summed E-state index contributed by atoms with van der Waals surface area (Å²) in [5, 5.41) is 0. The zero-order valence-electron chi connectivity index (χ0n) is 11.3. The van der Waals surface area contributed by atoms with Crippen molar-refractivity contribution in [2.75, 3.05) is 11.4 Å².